The minimum Gasteiger partial charge on any atom is -0.495 e. The predicted molar refractivity (Wildman–Crippen MR) is 191 cm³/mol. The predicted octanol–water partition coefficient (Wildman–Crippen LogP) is 9.05. The topological polar surface area (TPSA) is 99.5 Å². The van der Waals surface area contributed by atoms with E-state index in [9.17, 15) is 4.79 Å². The summed E-state index contributed by atoms with van der Waals surface area (Å²) in [4.78, 5) is 18.9. The minimum atomic E-state index is -0.681. The van der Waals surface area contributed by atoms with Crippen molar-refractivity contribution in [2.24, 2.45) is 0 Å². The van der Waals surface area contributed by atoms with Gasteiger partial charge >= 0.3 is 0 Å². The molecular formula is C35H30Cl3N5O4S. The highest BCUT2D eigenvalue weighted by atomic mass is 35.5. The van der Waals surface area contributed by atoms with E-state index in [-0.39, 0.29) is 12.5 Å². The van der Waals surface area contributed by atoms with Gasteiger partial charge in [-0.25, -0.2) is 4.68 Å². The molecule has 1 amide bonds. The molecule has 1 aliphatic heterocycles. The zero-order valence-electron chi connectivity index (χ0n) is 26.1. The smallest absolute Gasteiger partial charge is 0.255 e. The Balaban J connectivity index is 1.36. The quantitative estimate of drug-likeness (QED) is 0.130. The van der Waals surface area contributed by atoms with Crippen LogP contribution in [0.3, 0.4) is 0 Å². The number of carbonyl (C=O) groups excluding carboxylic acids is 1. The van der Waals surface area contributed by atoms with Crippen LogP contribution in [0.2, 0.25) is 15.1 Å². The third-order valence-electron chi connectivity index (χ3n) is 7.68. The molecule has 13 heteroatoms. The Bertz CT molecular complexity index is 2000. The van der Waals surface area contributed by atoms with E-state index < -0.39 is 6.04 Å². The fourth-order valence-electron chi connectivity index (χ4n) is 5.28. The molecule has 48 heavy (non-hydrogen) atoms. The van der Waals surface area contributed by atoms with E-state index in [2.05, 4.69) is 10.6 Å². The van der Waals surface area contributed by atoms with E-state index in [1.165, 1.54) is 11.8 Å². The number of amides is 1. The van der Waals surface area contributed by atoms with Gasteiger partial charge in [0.2, 0.25) is 11.1 Å². The van der Waals surface area contributed by atoms with E-state index in [1.54, 1.807) is 55.3 Å². The molecule has 246 valence electrons. The lowest BCUT2D eigenvalue weighted by Gasteiger charge is -2.29. The SMILES string of the molecule is COc1ccccc1NC(=O)C1=C(C)Nc2nc(SCc3ccccc3Cl)nn2C1c1ccc(OCc2c(Cl)cccc2Cl)c(OC)c1. The van der Waals surface area contributed by atoms with Crippen molar-refractivity contribution in [2.75, 3.05) is 24.9 Å². The van der Waals surface area contributed by atoms with Gasteiger partial charge in [-0.05, 0) is 60.5 Å². The van der Waals surface area contributed by atoms with Gasteiger partial charge in [0.1, 0.15) is 18.4 Å². The summed E-state index contributed by atoms with van der Waals surface area (Å²) in [6.45, 7) is 1.97. The van der Waals surface area contributed by atoms with Gasteiger partial charge in [-0.3, -0.25) is 4.79 Å². The van der Waals surface area contributed by atoms with Crippen molar-refractivity contribution in [3.63, 3.8) is 0 Å². The number of anilines is 2. The Morgan fingerprint density at radius 3 is 2.35 bits per heavy atom. The van der Waals surface area contributed by atoms with E-state index in [4.69, 9.17) is 59.1 Å². The van der Waals surface area contributed by atoms with E-state index in [1.807, 2.05) is 55.5 Å². The number of hydrogen-bond acceptors (Lipinski definition) is 8. The monoisotopic (exact) mass is 721 g/mol. The fraction of sp³-hybridized carbons (Fsp3) is 0.171. The molecule has 2 heterocycles. The molecule has 0 saturated carbocycles. The van der Waals surface area contributed by atoms with Crippen molar-refractivity contribution in [3.05, 3.63) is 128 Å². The summed E-state index contributed by atoms with van der Waals surface area (Å²) in [7, 11) is 3.11. The van der Waals surface area contributed by atoms with E-state index in [0.29, 0.717) is 71.7 Å². The number of rotatable bonds is 11. The lowest BCUT2D eigenvalue weighted by atomic mass is 9.94. The molecule has 4 aromatic carbocycles. The van der Waals surface area contributed by atoms with Crippen LogP contribution in [0, 0.1) is 0 Å². The number of hydrogen-bond donors (Lipinski definition) is 2. The number of halogens is 3. The fourth-order valence-corrected chi connectivity index (χ4v) is 6.91. The van der Waals surface area contributed by atoms with Crippen LogP contribution in [0.15, 0.2) is 101 Å². The Labute approximate surface area is 297 Å². The first-order valence-corrected chi connectivity index (χ1v) is 16.9. The third-order valence-corrected chi connectivity index (χ3v) is 9.65. The molecule has 1 aromatic heterocycles. The van der Waals surface area contributed by atoms with Crippen molar-refractivity contribution in [2.45, 2.75) is 30.5 Å². The normalized spacial score (nSPS) is 13.8. The van der Waals surface area contributed by atoms with Crippen LogP contribution in [-0.4, -0.2) is 34.9 Å². The van der Waals surface area contributed by atoms with Crippen LogP contribution in [0.25, 0.3) is 0 Å². The molecule has 0 fully saturated rings. The van der Waals surface area contributed by atoms with Crippen LogP contribution in [0.5, 0.6) is 17.2 Å². The zero-order chi connectivity index (χ0) is 33.8. The molecule has 9 nitrogen and oxygen atoms in total. The minimum absolute atomic E-state index is 0.131. The van der Waals surface area contributed by atoms with Crippen molar-refractivity contribution < 1.29 is 19.0 Å². The molecule has 5 aromatic rings. The van der Waals surface area contributed by atoms with Crippen LogP contribution in [-0.2, 0) is 17.2 Å². The van der Waals surface area contributed by atoms with Gasteiger partial charge in [-0.2, -0.15) is 4.98 Å². The number of fused-ring (bicyclic) bond motifs is 1. The average molecular weight is 723 g/mol. The second-order valence-electron chi connectivity index (χ2n) is 10.7. The lowest BCUT2D eigenvalue weighted by molar-refractivity contribution is -0.113. The van der Waals surface area contributed by atoms with Gasteiger partial charge in [-0.1, -0.05) is 89.0 Å². The maximum absolute atomic E-state index is 14.1. The Morgan fingerprint density at radius 1 is 0.896 bits per heavy atom. The highest BCUT2D eigenvalue weighted by Crippen LogP contribution is 2.41. The van der Waals surface area contributed by atoms with Crippen molar-refractivity contribution in [1.29, 1.82) is 0 Å². The molecule has 6 rings (SSSR count). The zero-order valence-corrected chi connectivity index (χ0v) is 29.2. The van der Waals surface area contributed by atoms with Gasteiger partial charge < -0.3 is 24.8 Å². The van der Waals surface area contributed by atoms with E-state index in [0.717, 1.165) is 11.1 Å². The maximum atomic E-state index is 14.1. The first-order valence-electron chi connectivity index (χ1n) is 14.8. The molecular weight excluding hydrogens is 693 g/mol. The first kappa shape index (κ1) is 33.5. The van der Waals surface area contributed by atoms with Gasteiger partial charge in [0.15, 0.2) is 11.5 Å². The van der Waals surface area contributed by atoms with Gasteiger partial charge in [0.05, 0.1) is 25.5 Å². The summed E-state index contributed by atoms with van der Waals surface area (Å²) in [6, 6.07) is 25.0. The largest absolute Gasteiger partial charge is 0.495 e. The molecule has 1 atom stereocenters. The number of methoxy groups -OCH3 is 2. The molecule has 0 radical (unpaired) electrons. The van der Waals surface area contributed by atoms with Crippen molar-refractivity contribution in [1.82, 2.24) is 14.8 Å². The van der Waals surface area contributed by atoms with Gasteiger partial charge in [-0.15, -0.1) is 5.10 Å². The van der Waals surface area contributed by atoms with Crippen LogP contribution < -0.4 is 24.8 Å². The van der Waals surface area contributed by atoms with Crippen molar-refractivity contribution in [3.8, 4) is 17.2 Å². The number of aromatic nitrogens is 3. The van der Waals surface area contributed by atoms with Gasteiger partial charge in [0, 0.05) is 32.1 Å². The Kier molecular flexibility index (Phi) is 10.4. The number of carbonyl (C=O) groups is 1. The molecule has 2 N–H and O–H groups in total. The molecule has 0 saturated heterocycles. The maximum Gasteiger partial charge on any atom is 0.255 e. The second kappa shape index (κ2) is 14.8. The molecule has 1 aliphatic rings. The summed E-state index contributed by atoms with van der Waals surface area (Å²) < 4.78 is 19.1. The molecule has 0 bridgehead atoms. The van der Waals surface area contributed by atoms with E-state index >= 15 is 0 Å². The molecule has 1 unspecified atom stereocenters. The standard InChI is InChI=1S/C35H30Cl3N5O4S/c1-20-31(33(44)40-27-13-6-7-14-28(27)45-2)32(43-34(39-20)41-35(42-43)48-19-22-9-4-5-10-24(22)36)21-15-16-29(30(17-21)46-3)47-18-23-25(37)11-8-12-26(23)38/h4-17,32H,18-19H2,1-3H3,(H,40,44)(H,39,41,42). The van der Waals surface area contributed by atoms with Gasteiger partial charge in [0.25, 0.3) is 5.91 Å². The second-order valence-corrected chi connectivity index (χ2v) is 12.8. The highest BCUT2D eigenvalue weighted by molar-refractivity contribution is 7.98. The first-order chi connectivity index (χ1) is 23.3. The summed E-state index contributed by atoms with van der Waals surface area (Å²) in [5.74, 6) is 2.17. The summed E-state index contributed by atoms with van der Waals surface area (Å²) in [5, 5.41) is 13.3. The van der Waals surface area contributed by atoms with Crippen molar-refractivity contribution >= 4 is 64.1 Å². The van der Waals surface area contributed by atoms with Crippen LogP contribution in [0.4, 0.5) is 11.6 Å². The summed E-state index contributed by atoms with van der Waals surface area (Å²) >= 11 is 20.6. The number of ether oxygens (including phenoxy) is 3. The number of para-hydroxylation sites is 2. The van der Waals surface area contributed by atoms with Crippen LogP contribution in [0.1, 0.15) is 29.7 Å². The number of nitrogens with zero attached hydrogens (tertiary/aromatic N) is 3. The Morgan fingerprint density at radius 2 is 1.60 bits per heavy atom. The average Bonchev–Trinajstić information content (AvgIpc) is 3.49. The third kappa shape index (κ3) is 7.07. The molecule has 0 spiro atoms. The number of thioether (sulfide) groups is 1. The number of allylic oxidation sites excluding steroid dienone is 1. The summed E-state index contributed by atoms with van der Waals surface area (Å²) in [5.41, 5.74) is 3.92. The number of benzene rings is 4. The Hall–Kier alpha value is -4.35. The molecule has 0 aliphatic carbocycles. The number of nitrogens with one attached hydrogen (secondary N) is 2. The lowest BCUT2D eigenvalue weighted by Crippen LogP contribution is -2.31. The highest BCUT2D eigenvalue weighted by Gasteiger charge is 2.35. The van der Waals surface area contributed by atoms with Crippen LogP contribution >= 0.6 is 46.6 Å². The summed E-state index contributed by atoms with van der Waals surface area (Å²) in [6.07, 6.45) is 0.